The average Bonchev–Trinajstić information content (AvgIpc) is 2.85. The Morgan fingerprint density at radius 2 is 2.16 bits per heavy atom. The molecule has 2 aliphatic heterocycles. The summed E-state index contributed by atoms with van der Waals surface area (Å²) in [4.78, 5) is 5.22. The Bertz CT molecular complexity index is 446. The van der Waals surface area contributed by atoms with Gasteiger partial charge >= 0.3 is 0 Å². The lowest BCUT2D eigenvalue weighted by Gasteiger charge is -2.37. The molecule has 1 aromatic carbocycles. The second-order valence-electron chi connectivity index (χ2n) is 5.95. The van der Waals surface area contributed by atoms with Crippen LogP contribution in [0.2, 0.25) is 0 Å². The Kier molecular flexibility index (Phi) is 3.85. The van der Waals surface area contributed by atoms with Crippen LogP contribution in [-0.2, 0) is 6.42 Å². The molecule has 1 aromatic rings. The highest BCUT2D eigenvalue weighted by Gasteiger charge is 2.30. The van der Waals surface area contributed by atoms with Gasteiger partial charge in [-0.3, -0.25) is 4.90 Å². The van der Waals surface area contributed by atoms with Crippen molar-refractivity contribution in [3.8, 4) is 0 Å². The predicted molar refractivity (Wildman–Crippen MR) is 75.9 cm³/mol. The van der Waals surface area contributed by atoms with Gasteiger partial charge in [-0.05, 0) is 56.0 Å². The van der Waals surface area contributed by atoms with Crippen molar-refractivity contribution in [2.75, 3.05) is 32.7 Å². The monoisotopic (exact) mass is 262 g/mol. The van der Waals surface area contributed by atoms with E-state index < -0.39 is 0 Å². The minimum atomic E-state index is -0.124. The highest BCUT2D eigenvalue weighted by atomic mass is 19.1. The zero-order valence-corrected chi connectivity index (χ0v) is 11.7. The van der Waals surface area contributed by atoms with Crippen molar-refractivity contribution in [3.05, 3.63) is 35.1 Å². The van der Waals surface area contributed by atoms with Gasteiger partial charge in [0.15, 0.2) is 0 Å². The number of aryl methyl sites for hydroxylation is 1. The Balaban J connectivity index is 1.54. The summed E-state index contributed by atoms with van der Waals surface area (Å²) in [5.41, 5.74) is 2.37. The van der Waals surface area contributed by atoms with E-state index in [9.17, 15) is 4.39 Å². The molecule has 1 unspecified atom stereocenters. The third kappa shape index (κ3) is 2.98. The maximum absolute atomic E-state index is 13.1. The van der Waals surface area contributed by atoms with E-state index in [1.165, 1.54) is 44.6 Å². The van der Waals surface area contributed by atoms with Gasteiger partial charge < -0.3 is 4.90 Å². The fourth-order valence-corrected chi connectivity index (χ4v) is 3.48. The van der Waals surface area contributed by atoms with Crippen LogP contribution in [-0.4, -0.2) is 48.6 Å². The number of hydrogen-bond donors (Lipinski definition) is 0. The fraction of sp³-hybridized carbons (Fsp3) is 0.625. The van der Waals surface area contributed by atoms with Crippen LogP contribution in [0.5, 0.6) is 0 Å². The second-order valence-corrected chi connectivity index (χ2v) is 5.95. The summed E-state index contributed by atoms with van der Waals surface area (Å²) in [6.45, 7) is 8.06. The standard InChI is InChI=1S/C16H23FN2/c1-13-11-15(17)5-4-14(13)6-8-18-9-10-19-7-2-3-16(19)12-18/h4-5,11,16H,2-3,6-10,12H2,1H3. The van der Waals surface area contributed by atoms with Crippen LogP contribution in [0.15, 0.2) is 18.2 Å². The van der Waals surface area contributed by atoms with E-state index in [1.807, 2.05) is 13.0 Å². The normalized spacial score (nSPS) is 24.6. The van der Waals surface area contributed by atoms with Crippen LogP contribution in [0.3, 0.4) is 0 Å². The molecule has 0 spiro atoms. The SMILES string of the molecule is Cc1cc(F)ccc1CCN1CCN2CCCC2C1. The molecule has 2 aliphatic rings. The van der Waals surface area contributed by atoms with Crippen molar-refractivity contribution in [1.29, 1.82) is 0 Å². The van der Waals surface area contributed by atoms with E-state index in [-0.39, 0.29) is 5.82 Å². The lowest BCUT2D eigenvalue weighted by molar-refractivity contribution is 0.105. The molecule has 0 saturated carbocycles. The lowest BCUT2D eigenvalue weighted by Crippen LogP contribution is -2.50. The van der Waals surface area contributed by atoms with Crippen molar-refractivity contribution in [2.24, 2.45) is 0 Å². The molecule has 2 heterocycles. The molecule has 0 radical (unpaired) electrons. The minimum absolute atomic E-state index is 0.124. The topological polar surface area (TPSA) is 6.48 Å². The number of nitrogens with zero attached hydrogens (tertiary/aromatic N) is 2. The number of fused-ring (bicyclic) bond motifs is 1. The van der Waals surface area contributed by atoms with Gasteiger partial charge in [0.25, 0.3) is 0 Å². The number of hydrogen-bond acceptors (Lipinski definition) is 2. The first-order valence-corrected chi connectivity index (χ1v) is 7.44. The van der Waals surface area contributed by atoms with Crippen LogP contribution in [0.1, 0.15) is 24.0 Å². The molecule has 104 valence electrons. The van der Waals surface area contributed by atoms with Crippen LogP contribution >= 0.6 is 0 Å². The predicted octanol–water partition coefficient (Wildman–Crippen LogP) is 2.46. The number of halogens is 1. The van der Waals surface area contributed by atoms with Crippen LogP contribution < -0.4 is 0 Å². The van der Waals surface area contributed by atoms with Crippen molar-refractivity contribution in [3.63, 3.8) is 0 Å². The summed E-state index contributed by atoms with van der Waals surface area (Å²) in [5.74, 6) is -0.124. The third-order valence-electron chi connectivity index (χ3n) is 4.67. The van der Waals surface area contributed by atoms with Crippen LogP contribution in [0, 0.1) is 12.7 Å². The first kappa shape index (κ1) is 13.1. The number of rotatable bonds is 3. The van der Waals surface area contributed by atoms with Gasteiger partial charge in [-0.25, -0.2) is 4.39 Å². The molecule has 0 aliphatic carbocycles. The molecule has 2 saturated heterocycles. The number of benzene rings is 1. The van der Waals surface area contributed by atoms with Gasteiger partial charge in [0, 0.05) is 32.2 Å². The average molecular weight is 262 g/mol. The molecule has 0 amide bonds. The van der Waals surface area contributed by atoms with Crippen LogP contribution in [0.25, 0.3) is 0 Å². The van der Waals surface area contributed by atoms with Crippen molar-refractivity contribution < 1.29 is 4.39 Å². The van der Waals surface area contributed by atoms with Crippen molar-refractivity contribution >= 4 is 0 Å². The zero-order chi connectivity index (χ0) is 13.2. The lowest BCUT2D eigenvalue weighted by atomic mass is 10.0. The highest BCUT2D eigenvalue weighted by Crippen LogP contribution is 2.21. The van der Waals surface area contributed by atoms with Gasteiger partial charge in [-0.1, -0.05) is 6.07 Å². The van der Waals surface area contributed by atoms with Gasteiger partial charge in [-0.15, -0.1) is 0 Å². The fourth-order valence-electron chi connectivity index (χ4n) is 3.48. The molecule has 2 fully saturated rings. The molecule has 3 heteroatoms. The molecule has 19 heavy (non-hydrogen) atoms. The van der Waals surface area contributed by atoms with Gasteiger partial charge in [0.05, 0.1) is 0 Å². The highest BCUT2D eigenvalue weighted by molar-refractivity contribution is 5.26. The minimum Gasteiger partial charge on any atom is -0.300 e. The maximum Gasteiger partial charge on any atom is 0.123 e. The quantitative estimate of drug-likeness (QED) is 0.825. The third-order valence-corrected chi connectivity index (χ3v) is 4.67. The molecule has 3 rings (SSSR count). The largest absolute Gasteiger partial charge is 0.300 e. The molecule has 0 bridgehead atoms. The summed E-state index contributed by atoms with van der Waals surface area (Å²) in [6.07, 6.45) is 3.78. The first-order chi connectivity index (χ1) is 9.22. The summed E-state index contributed by atoms with van der Waals surface area (Å²) in [6, 6.07) is 5.96. The number of piperazine rings is 1. The summed E-state index contributed by atoms with van der Waals surface area (Å²) < 4.78 is 13.1. The Morgan fingerprint density at radius 1 is 1.26 bits per heavy atom. The maximum atomic E-state index is 13.1. The smallest absolute Gasteiger partial charge is 0.123 e. The Labute approximate surface area is 115 Å². The van der Waals surface area contributed by atoms with E-state index in [4.69, 9.17) is 0 Å². The Hall–Kier alpha value is -0.930. The van der Waals surface area contributed by atoms with Gasteiger partial charge in [0.2, 0.25) is 0 Å². The molecular formula is C16H23FN2. The van der Waals surface area contributed by atoms with E-state index in [1.54, 1.807) is 12.1 Å². The molecule has 1 atom stereocenters. The zero-order valence-electron chi connectivity index (χ0n) is 11.7. The van der Waals surface area contributed by atoms with Crippen molar-refractivity contribution in [2.45, 2.75) is 32.2 Å². The second kappa shape index (κ2) is 5.59. The van der Waals surface area contributed by atoms with Gasteiger partial charge in [-0.2, -0.15) is 0 Å². The first-order valence-electron chi connectivity index (χ1n) is 7.44. The molecular weight excluding hydrogens is 239 g/mol. The summed E-state index contributed by atoms with van der Waals surface area (Å²) in [5, 5.41) is 0. The molecule has 2 nitrogen and oxygen atoms in total. The molecule has 0 N–H and O–H groups in total. The molecule has 0 aromatic heterocycles. The van der Waals surface area contributed by atoms with E-state index in [0.29, 0.717) is 0 Å². The summed E-state index contributed by atoms with van der Waals surface area (Å²) >= 11 is 0. The van der Waals surface area contributed by atoms with E-state index in [2.05, 4.69) is 9.80 Å². The van der Waals surface area contributed by atoms with Crippen molar-refractivity contribution in [1.82, 2.24) is 9.80 Å². The van der Waals surface area contributed by atoms with Gasteiger partial charge in [0.1, 0.15) is 5.82 Å². The Morgan fingerprint density at radius 3 is 3.00 bits per heavy atom. The summed E-state index contributed by atoms with van der Waals surface area (Å²) in [7, 11) is 0. The van der Waals surface area contributed by atoms with E-state index in [0.717, 1.165) is 24.6 Å². The van der Waals surface area contributed by atoms with E-state index >= 15 is 0 Å². The van der Waals surface area contributed by atoms with Crippen LogP contribution in [0.4, 0.5) is 4.39 Å².